The van der Waals surface area contributed by atoms with Crippen LogP contribution in [0.5, 0.6) is 0 Å². The second kappa shape index (κ2) is 4.78. The van der Waals surface area contributed by atoms with Gasteiger partial charge < -0.3 is 10.2 Å². The topological polar surface area (TPSA) is 32.3 Å². The molecule has 14 heavy (non-hydrogen) atoms. The van der Waals surface area contributed by atoms with Crippen molar-refractivity contribution in [2.45, 2.75) is 33.6 Å². The van der Waals surface area contributed by atoms with Crippen molar-refractivity contribution < 1.29 is 4.79 Å². The largest absolute Gasteiger partial charge is 0.342 e. The van der Waals surface area contributed by atoms with Crippen LogP contribution in [0.3, 0.4) is 0 Å². The molecule has 1 aliphatic rings. The van der Waals surface area contributed by atoms with Gasteiger partial charge in [-0.2, -0.15) is 0 Å². The molecule has 0 radical (unpaired) electrons. The van der Waals surface area contributed by atoms with Gasteiger partial charge in [0.1, 0.15) is 0 Å². The van der Waals surface area contributed by atoms with Gasteiger partial charge in [-0.05, 0) is 25.9 Å². The van der Waals surface area contributed by atoms with Gasteiger partial charge in [0.15, 0.2) is 0 Å². The van der Waals surface area contributed by atoms with E-state index < -0.39 is 0 Å². The molecule has 1 N–H and O–H groups in total. The molecule has 0 aromatic rings. The third-order valence-corrected chi connectivity index (χ3v) is 2.49. The molecule has 1 saturated heterocycles. The molecule has 3 heteroatoms. The van der Waals surface area contributed by atoms with Gasteiger partial charge in [0.05, 0.1) is 0 Å². The minimum absolute atomic E-state index is 0.230. The summed E-state index contributed by atoms with van der Waals surface area (Å²) in [4.78, 5) is 14.0. The number of hydrogen-bond donors (Lipinski definition) is 1. The van der Waals surface area contributed by atoms with Crippen LogP contribution in [0.1, 0.15) is 33.6 Å². The van der Waals surface area contributed by atoms with E-state index in [-0.39, 0.29) is 5.41 Å². The Hall–Kier alpha value is -0.570. The van der Waals surface area contributed by atoms with Crippen LogP contribution < -0.4 is 5.32 Å². The van der Waals surface area contributed by atoms with Crippen LogP contribution in [0.4, 0.5) is 0 Å². The fraction of sp³-hybridized carbons (Fsp3) is 0.909. The lowest BCUT2D eigenvalue weighted by atomic mass is 9.94. The second-order valence-corrected chi connectivity index (χ2v) is 5.00. The van der Waals surface area contributed by atoms with Crippen LogP contribution in [0.25, 0.3) is 0 Å². The van der Waals surface area contributed by atoms with Gasteiger partial charge in [-0.15, -0.1) is 0 Å². The van der Waals surface area contributed by atoms with Crippen LogP contribution in [0, 0.1) is 5.41 Å². The van der Waals surface area contributed by atoms with Crippen LogP contribution >= 0.6 is 0 Å². The van der Waals surface area contributed by atoms with Gasteiger partial charge in [0.2, 0.25) is 5.91 Å². The lowest BCUT2D eigenvalue weighted by Gasteiger charge is -2.31. The monoisotopic (exact) mass is 198 g/mol. The van der Waals surface area contributed by atoms with Crippen molar-refractivity contribution in [1.29, 1.82) is 0 Å². The van der Waals surface area contributed by atoms with Crippen molar-refractivity contribution in [3.63, 3.8) is 0 Å². The second-order valence-electron chi connectivity index (χ2n) is 5.00. The Morgan fingerprint density at radius 2 is 1.64 bits per heavy atom. The zero-order valence-corrected chi connectivity index (χ0v) is 9.60. The summed E-state index contributed by atoms with van der Waals surface area (Å²) in [5.41, 5.74) is -0.230. The van der Waals surface area contributed by atoms with E-state index in [2.05, 4.69) is 5.32 Å². The predicted molar refractivity (Wildman–Crippen MR) is 58.1 cm³/mol. The summed E-state index contributed by atoms with van der Waals surface area (Å²) in [5, 5.41) is 3.35. The molecule has 82 valence electrons. The van der Waals surface area contributed by atoms with Gasteiger partial charge in [-0.3, -0.25) is 4.79 Å². The van der Waals surface area contributed by atoms with Gasteiger partial charge in [0.25, 0.3) is 0 Å². The molecular formula is C11H22N2O. The third kappa shape index (κ3) is 3.29. The molecule has 1 amide bonds. The summed E-state index contributed by atoms with van der Waals surface area (Å²) in [5.74, 6) is 0.291. The molecule has 0 spiro atoms. The van der Waals surface area contributed by atoms with Crippen molar-refractivity contribution >= 4 is 5.91 Å². The number of carbonyl (C=O) groups excluding carboxylic acids is 1. The molecule has 0 aliphatic carbocycles. The Bertz CT molecular complexity index is 188. The molecular weight excluding hydrogens is 176 g/mol. The Morgan fingerprint density at radius 3 is 2.07 bits per heavy atom. The molecule has 0 bridgehead atoms. The number of rotatable bonds is 0. The van der Waals surface area contributed by atoms with Crippen LogP contribution in [0.2, 0.25) is 0 Å². The Kier molecular flexibility index (Phi) is 3.93. The zero-order valence-electron chi connectivity index (χ0n) is 9.60. The van der Waals surface area contributed by atoms with Crippen molar-refractivity contribution in [3.05, 3.63) is 0 Å². The quantitative estimate of drug-likeness (QED) is 0.635. The van der Waals surface area contributed by atoms with Crippen molar-refractivity contribution in [2.75, 3.05) is 26.2 Å². The first kappa shape index (κ1) is 11.5. The highest BCUT2D eigenvalue weighted by molar-refractivity contribution is 5.81. The van der Waals surface area contributed by atoms with E-state index >= 15 is 0 Å². The number of carbonyl (C=O) groups is 1. The van der Waals surface area contributed by atoms with Crippen LogP contribution in [0.15, 0.2) is 0 Å². The summed E-state index contributed by atoms with van der Waals surface area (Å²) >= 11 is 0. The minimum atomic E-state index is -0.230. The first-order valence-corrected chi connectivity index (χ1v) is 5.52. The number of nitrogens with zero attached hydrogens (tertiary/aromatic N) is 1. The molecule has 1 aliphatic heterocycles. The third-order valence-electron chi connectivity index (χ3n) is 2.49. The maximum absolute atomic E-state index is 12.0. The molecule has 0 aromatic heterocycles. The molecule has 0 unspecified atom stereocenters. The van der Waals surface area contributed by atoms with Gasteiger partial charge in [-0.1, -0.05) is 20.8 Å². The van der Waals surface area contributed by atoms with E-state index in [0.29, 0.717) is 5.91 Å². The maximum Gasteiger partial charge on any atom is 0.227 e. The Balaban J connectivity index is 2.51. The number of hydrogen-bond acceptors (Lipinski definition) is 2. The fourth-order valence-corrected chi connectivity index (χ4v) is 1.70. The average molecular weight is 198 g/mol. The molecule has 1 heterocycles. The highest BCUT2D eigenvalue weighted by atomic mass is 16.2. The lowest BCUT2D eigenvalue weighted by molar-refractivity contribution is -0.139. The van der Waals surface area contributed by atoms with Gasteiger partial charge in [-0.25, -0.2) is 0 Å². The molecule has 1 rings (SSSR count). The van der Waals surface area contributed by atoms with Gasteiger partial charge >= 0.3 is 0 Å². The van der Waals surface area contributed by atoms with Crippen LogP contribution in [-0.4, -0.2) is 37.0 Å². The molecule has 0 aromatic carbocycles. The normalized spacial score (nSPS) is 20.1. The summed E-state index contributed by atoms with van der Waals surface area (Å²) in [6, 6.07) is 0. The van der Waals surface area contributed by atoms with E-state index in [0.717, 1.165) is 39.0 Å². The smallest absolute Gasteiger partial charge is 0.227 e. The summed E-state index contributed by atoms with van der Waals surface area (Å²) < 4.78 is 0. The van der Waals surface area contributed by atoms with Crippen molar-refractivity contribution in [1.82, 2.24) is 10.2 Å². The predicted octanol–water partition coefficient (Wildman–Crippen LogP) is 1.24. The molecule has 3 nitrogen and oxygen atoms in total. The minimum Gasteiger partial charge on any atom is -0.342 e. The van der Waals surface area contributed by atoms with E-state index in [1.165, 1.54) is 0 Å². The fourth-order valence-electron chi connectivity index (χ4n) is 1.70. The van der Waals surface area contributed by atoms with E-state index in [1.807, 2.05) is 25.7 Å². The van der Waals surface area contributed by atoms with Crippen LogP contribution in [-0.2, 0) is 4.79 Å². The number of amides is 1. The highest BCUT2D eigenvalue weighted by Gasteiger charge is 2.26. The highest BCUT2D eigenvalue weighted by Crippen LogP contribution is 2.18. The lowest BCUT2D eigenvalue weighted by Crippen LogP contribution is -2.43. The van der Waals surface area contributed by atoms with Gasteiger partial charge in [0, 0.05) is 18.5 Å². The zero-order chi connectivity index (χ0) is 10.6. The molecule has 0 saturated carbocycles. The SMILES string of the molecule is CC(C)(C)C(=O)N1CCCNCCC1. The summed E-state index contributed by atoms with van der Waals surface area (Å²) in [6.07, 6.45) is 2.14. The summed E-state index contributed by atoms with van der Waals surface area (Å²) in [6.45, 7) is 9.86. The van der Waals surface area contributed by atoms with E-state index in [4.69, 9.17) is 0 Å². The van der Waals surface area contributed by atoms with E-state index in [1.54, 1.807) is 0 Å². The molecule has 1 fully saturated rings. The molecule has 0 atom stereocenters. The maximum atomic E-state index is 12.0. The first-order valence-electron chi connectivity index (χ1n) is 5.52. The van der Waals surface area contributed by atoms with E-state index in [9.17, 15) is 4.79 Å². The van der Waals surface area contributed by atoms with Crippen molar-refractivity contribution in [3.8, 4) is 0 Å². The number of nitrogens with one attached hydrogen (secondary N) is 1. The Morgan fingerprint density at radius 1 is 1.14 bits per heavy atom. The first-order chi connectivity index (χ1) is 6.52. The van der Waals surface area contributed by atoms with Crippen molar-refractivity contribution in [2.24, 2.45) is 5.41 Å². The Labute approximate surface area is 86.9 Å². The summed E-state index contributed by atoms with van der Waals surface area (Å²) in [7, 11) is 0. The standard InChI is InChI=1S/C11H22N2O/c1-11(2,3)10(14)13-8-4-6-12-7-5-9-13/h12H,4-9H2,1-3H3. The average Bonchev–Trinajstić information content (AvgIpc) is 2.00.